The van der Waals surface area contributed by atoms with Crippen molar-refractivity contribution in [1.82, 2.24) is 15.5 Å². The van der Waals surface area contributed by atoms with Gasteiger partial charge in [0.1, 0.15) is 6.04 Å². The molecule has 1 fully saturated rings. The Bertz CT molecular complexity index is 1040. The number of carbonyl (C=O) groups excluding carboxylic acids is 4. The highest BCUT2D eigenvalue weighted by molar-refractivity contribution is 6.05. The molecular weight excluding hydrogens is 396 g/mol. The van der Waals surface area contributed by atoms with E-state index in [0.29, 0.717) is 31.5 Å². The molecule has 160 valence electrons. The minimum atomic E-state index is -0.651. The zero-order valence-corrected chi connectivity index (χ0v) is 17.0. The lowest BCUT2D eigenvalue weighted by molar-refractivity contribution is -0.137. The molecule has 4 amide bonds. The Morgan fingerprint density at radius 1 is 1.13 bits per heavy atom. The van der Waals surface area contributed by atoms with E-state index in [9.17, 15) is 19.2 Å². The van der Waals surface area contributed by atoms with Crippen molar-refractivity contribution in [2.45, 2.75) is 44.4 Å². The van der Waals surface area contributed by atoms with Crippen molar-refractivity contribution >= 4 is 23.6 Å². The second kappa shape index (κ2) is 8.69. The Morgan fingerprint density at radius 2 is 1.90 bits per heavy atom. The summed E-state index contributed by atoms with van der Waals surface area (Å²) in [7, 11) is 0. The molecule has 8 heteroatoms. The van der Waals surface area contributed by atoms with Gasteiger partial charge in [-0.15, -0.1) is 0 Å². The van der Waals surface area contributed by atoms with E-state index in [2.05, 4.69) is 10.6 Å². The number of rotatable bonds is 6. The van der Waals surface area contributed by atoms with E-state index >= 15 is 0 Å². The van der Waals surface area contributed by atoms with Gasteiger partial charge in [0.05, 0.1) is 6.04 Å². The second-order valence-corrected chi connectivity index (χ2v) is 7.91. The fraction of sp³-hybridized carbons (Fsp3) is 0.304. The fourth-order valence-corrected chi connectivity index (χ4v) is 4.02. The summed E-state index contributed by atoms with van der Waals surface area (Å²) in [6.45, 7) is 0.594. The van der Waals surface area contributed by atoms with Crippen molar-refractivity contribution in [2.75, 3.05) is 0 Å². The normalized spacial score (nSPS) is 19.1. The summed E-state index contributed by atoms with van der Waals surface area (Å²) in [5.74, 6) is -1.21. The van der Waals surface area contributed by atoms with Crippen LogP contribution >= 0.6 is 0 Å². The molecule has 2 aliphatic rings. The Hall–Kier alpha value is -3.52. The Balaban J connectivity index is 1.36. The first-order chi connectivity index (χ1) is 14.9. The van der Waals surface area contributed by atoms with E-state index in [0.717, 1.165) is 16.7 Å². The monoisotopic (exact) mass is 420 g/mol. The Morgan fingerprint density at radius 3 is 2.65 bits per heavy atom. The van der Waals surface area contributed by atoms with Gasteiger partial charge in [-0.1, -0.05) is 42.5 Å². The molecule has 31 heavy (non-hydrogen) atoms. The van der Waals surface area contributed by atoms with Crippen molar-refractivity contribution in [3.63, 3.8) is 0 Å². The summed E-state index contributed by atoms with van der Waals surface area (Å²) in [4.78, 5) is 50.1. The minimum Gasteiger partial charge on any atom is -0.351 e. The molecule has 1 saturated heterocycles. The van der Waals surface area contributed by atoms with Crippen LogP contribution in [-0.2, 0) is 33.9 Å². The van der Waals surface area contributed by atoms with Crippen LogP contribution in [0.2, 0.25) is 0 Å². The molecule has 8 nitrogen and oxygen atoms in total. The average molecular weight is 420 g/mol. The molecule has 0 aliphatic carbocycles. The first-order valence-corrected chi connectivity index (χ1v) is 10.3. The highest BCUT2D eigenvalue weighted by Crippen LogP contribution is 2.28. The molecule has 2 aliphatic heterocycles. The third-order valence-electron chi connectivity index (χ3n) is 5.69. The van der Waals surface area contributed by atoms with Gasteiger partial charge < -0.3 is 16.0 Å². The molecular formula is C23H24N4O4. The molecule has 0 radical (unpaired) electrons. The smallest absolute Gasteiger partial charge is 0.255 e. The van der Waals surface area contributed by atoms with E-state index in [4.69, 9.17) is 5.73 Å². The molecule has 4 rings (SSSR count). The highest BCUT2D eigenvalue weighted by atomic mass is 16.2. The Labute approximate surface area is 179 Å². The van der Waals surface area contributed by atoms with Crippen molar-refractivity contribution < 1.29 is 19.2 Å². The standard InChI is InChI=1S/C23H24N4O4/c24-18(11-14-4-2-1-3-5-14)21(29)25-12-15-6-7-17-16(10-15)13-27(23(17)31)19-8-9-20(28)26-22(19)30/h1-7,10,18-19H,8-9,11-13,24H2,(H,25,29)(H,26,28,30). The zero-order valence-electron chi connectivity index (χ0n) is 17.0. The predicted octanol–water partition coefficient (Wildman–Crippen LogP) is 0.634. The molecule has 2 aromatic carbocycles. The van der Waals surface area contributed by atoms with Gasteiger partial charge in [0.25, 0.3) is 5.91 Å². The lowest BCUT2D eigenvalue weighted by atomic mass is 10.0. The van der Waals surface area contributed by atoms with Crippen molar-refractivity contribution in [1.29, 1.82) is 0 Å². The Kier molecular flexibility index (Phi) is 5.81. The van der Waals surface area contributed by atoms with E-state index in [-0.39, 0.29) is 24.1 Å². The van der Waals surface area contributed by atoms with Gasteiger partial charge in [0, 0.05) is 25.1 Å². The second-order valence-electron chi connectivity index (χ2n) is 7.91. The third kappa shape index (κ3) is 4.49. The van der Waals surface area contributed by atoms with Crippen LogP contribution < -0.4 is 16.4 Å². The van der Waals surface area contributed by atoms with Gasteiger partial charge >= 0.3 is 0 Å². The van der Waals surface area contributed by atoms with E-state index in [1.165, 1.54) is 4.90 Å². The molecule has 2 heterocycles. The van der Waals surface area contributed by atoms with E-state index in [1.807, 2.05) is 36.4 Å². The lowest BCUT2D eigenvalue weighted by Crippen LogP contribution is -2.52. The van der Waals surface area contributed by atoms with Crippen LogP contribution in [0, 0.1) is 0 Å². The van der Waals surface area contributed by atoms with Gasteiger partial charge in [-0.2, -0.15) is 0 Å². The van der Waals surface area contributed by atoms with Gasteiger partial charge in [0.15, 0.2) is 0 Å². The number of nitrogens with one attached hydrogen (secondary N) is 2. The van der Waals surface area contributed by atoms with Gasteiger partial charge in [-0.3, -0.25) is 24.5 Å². The van der Waals surface area contributed by atoms with Gasteiger partial charge in [-0.05, 0) is 35.6 Å². The lowest BCUT2D eigenvalue weighted by Gasteiger charge is -2.29. The number of amides is 4. The fourth-order valence-electron chi connectivity index (χ4n) is 4.02. The van der Waals surface area contributed by atoms with Crippen LogP contribution in [0.4, 0.5) is 0 Å². The molecule has 0 aromatic heterocycles. The summed E-state index contributed by atoms with van der Waals surface area (Å²) in [5, 5.41) is 5.14. The summed E-state index contributed by atoms with van der Waals surface area (Å²) >= 11 is 0. The summed E-state index contributed by atoms with van der Waals surface area (Å²) < 4.78 is 0. The number of hydrogen-bond acceptors (Lipinski definition) is 5. The number of imide groups is 1. The SMILES string of the molecule is NC(Cc1ccccc1)C(=O)NCc1ccc2c(c1)CN(C1CCC(=O)NC1=O)C2=O. The molecule has 0 bridgehead atoms. The van der Waals surface area contributed by atoms with Crippen LogP contribution in [0.25, 0.3) is 0 Å². The molecule has 2 aromatic rings. The molecule has 4 N–H and O–H groups in total. The first kappa shape index (κ1) is 20.7. The van der Waals surface area contributed by atoms with Gasteiger partial charge in [0.2, 0.25) is 17.7 Å². The molecule has 2 unspecified atom stereocenters. The van der Waals surface area contributed by atoms with Crippen molar-refractivity contribution in [3.05, 3.63) is 70.8 Å². The number of hydrogen-bond donors (Lipinski definition) is 3. The van der Waals surface area contributed by atoms with E-state index in [1.54, 1.807) is 12.1 Å². The first-order valence-electron chi connectivity index (χ1n) is 10.3. The van der Waals surface area contributed by atoms with Crippen LogP contribution in [-0.4, -0.2) is 40.6 Å². The number of nitrogens with zero attached hydrogens (tertiary/aromatic N) is 1. The average Bonchev–Trinajstić information content (AvgIpc) is 3.08. The predicted molar refractivity (Wildman–Crippen MR) is 112 cm³/mol. The maximum absolute atomic E-state index is 12.7. The number of benzene rings is 2. The van der Waals surface area contributed by atoms with Crippen molar-refractivity contribution in [2.24, 2.45) is 5.73 Å². The maximum atomic E-state index is 12.7. The molecule has 2 atom stereocenters. The minimum absolute atomic E-state index is 0.218. The summed E-state index contributed by atoms with van der Waals surface area (Å²) in [5.41, 5.74) is 9.20. The van der Waals surface area contributed by atoms with Crippen LogP contribution in [0.3, 0.4) is 0 Å². The number of fused-ring (bicyclic) bond motifs is 1. The molecule has 0 saturated carbocycles. The largest absolute Gasteiger partial charge is 0.351 e. The topological polar surface area (TPSA) is 122 Å². The quantitative estimate of drug-likeness (QED) is 0.592. The number of piperidine rings is 1. The maximum Gasteiger partial charge on any atom is 0.255 e. The summed E-state index contributed by atoms with van der Waals surface area (Å²) in [6, 6.07) is 13.7. The number of nitrogens with two attached hydrogens (primary N) is 1. The number of carbonyl (C=O) groups is 4. The van der Waals surface area contributed by atoms with Crippen LogP contribution in [0.1, 0.15) is 39.9 Å². The van der Waals surface area contributed by atoms with Crippen LogP contribution in [0.15, 0.2) is 48.5 Å². The van der Waals surface area contributed by atoms with E-state index < -0.39 is 18.0 Å². The molecule has 0 spiro atoms. The zero-order chi connectivity index (χ0) is 22.0. The van der Waals surface area contributed by atoms with Crippen LogP contribution in [0.5, 0.6) is 0 Å². The third-order valence-corrected chi connectivity index (χ3v) is 5.69. The summed E-state index contributed by atoms with van der Waals surface area (Å²) in [6.07, 6.45) is 0.996. The van der Waals surface area contributed by atoms with Crippen molar-refractivity contribution in [3.8, 4) is 0 Å². The van der Waals surface area contributed by atoms with Gasteiger partial charge in [-0.25, -0.2) is 0 Å². The highest BCUT2D eigenvalue weighted by Gasteiger charge is 2.39.